The molecule has 1 aromatic heterocycles. The molecular weight excluding hydrogens is 234 g/mol. The maximum absolute atomic E-state index is 11.9. The maximum Gasteiger partial charge on any atom is 0.273 e. The van der Waals surface area contributed by atoms with Crippen LogP contribution in [0.4, 0.5) is 0 Å². The van der Waals surface area contributed by atoms with E-state index in [4.69, 9.17) is 4.52 Å². The van der Waals surface area contributed by atoms with Crippen LogP contribution in [0.1, 0.15) is 35.0 Å². The van der Waals surface area contributed by atoms with Crippen LogP contribution >= 0.6 is 0 Å². The summed E-state index contributed by atoms with van der Waals surface area (Å²) < 4.78 is 5.14. The monoisotopic (exact) mass is 251 g/mol. The fourth-order valence-corrected chi connectivity index (χ4v) is 2.32. The normalized spacial score (nSPS) is 28.6. The molecule has 1 aliphatic carbocycles. The third kappa shape index (κ3) is 2.26. The quantitative estimate of drug-likeness (QED) is 0.788. The van der Waals surface area contributed by atoms with Crippen molar-refractivity contribution >= 4 is 5.91 Å². The number of likely N-dealkylation sites (N-methyl/N-ethyl adjacent to an activating group) is 1. The van der Waals surface area contributed by atoms with Crippen LogP contribution in [0.5, 0.6) is 0 Å². The van der Waals surface area contributed by atoms with Crippen molar-refractivity contribution in [2.24, 2.45) is 0 Å². The predicted octanol–water partition coefficient (Wildman–Crippen LogP) is -0.0433. The van der Waals surface area contributed by atoms with Crippen LogP contribution < -0.4 is 5.32 Å². The molecule has 6 nitrogen and oxygen atoms in total. The molecule has 2 unspecified atom stereocenters. The fraction of sp³-hybridized carbons (Fsp3) is 0.667. The van der Waals surface area contributed by atoms with E-state index in [1.165, 1.54) is 0 Å². The van der Waals surface area contributed by atoms with E-state index in [2.05, 4.69) is 10.5 Å². The minimum atomic E-state index is -0.520. The lowest BCUT2D eigenvalue weighted by molar-refractivity contribution is 0.0879. The molecule has 1 saturated carbocycles. The number of carbonyl (C=O) groups excluding carboxylic acids is 1. The van der Waals surface area contributed by atoms with Crippen LogP contribution in [-0.2, 0) is 0 Å². The van der Waals surface area contributed by atoms with E-state index in [9.17, 15) is 9.90 Å². The summed E-state index contributed by atoms with van der Waals surface area (Å²) in [5.41, 5.74) is 0.304. The largest absolute Gasteiger partial charge is 0.390 e. The van der Waals surface area contributed by atoms with Gasteiger partial charge in [0.1, 0.15) is 5.76 Å². The highest BCUT2D eigenvalue weighted by Gasteiger charge is 2.32. The van der Waals surface area contributed by atoms with Crippen molar-refractivity contribution in [1.29, 1.82) is 0 Å². The molecule has 1 aromatic rings. The van der Waals surface area contributed by atoms with Crippen molar-refractivity contribution in [3.8, 4) is 0 Å². The number of amides is 1. The van der Waals surface area contributed by atoms with Crippen molar-refractivity contribution in [2.75, 3.05) is 20.1 Å². The molecule has 1 saturated heterocycles. The second-order valence-electron chi connectivity index (χ2n) is 5.26. The molecule has 2 fully saturated rings. The first-order valence-corrected chi connectivity index (χ1v) is 6.27. The molecule has 1 aliphatic heterocycles. The van der Waals surface area contributed by atoms with Gasteiger partial charge in [-0.2, -0.15) is 0 Å². The Hall–Kier alpha value is -1.40. The Morgan fingerprint density at radius 1 is 1.56 bits per heavy atom. The average Bonchev–Trinajstić information content (AvgIpc) is 2.96. The summed E-state index contributed by atoms with van der Waals surface area (Å²) in [5.74, 6) is 0.969. The van der Waals surface area contributed by atoms with Crippen LogP contribution in [0.25, 0.3) is 0 Å². The molecule has 0 aromatic carbocycles. The molecular formula is C12H17N3O3. The number of aliphatic hydroxyl groups excluding tert-OH is 1. The molecule has 0 radical (unpaired) electrons. The van der Waals surface area contributed by atoms with Crippen LogP contribution in [0, 0.1) is 0 Å². The predicted molar refractivity (Wildman–Crippen MR) is 63.2 cm³/mol. The Kier molecular flexibility index (Phi) is 2.83. The van der Waals surface area contributed by atoms with Gasteiger partial charge in [0, 0.05) is 25.1 Å². The molecule has 2 N–H and O–H groups in total. The van der Waals surface area contributed by atoms with Crippen LogP contribution in [0.15, 0.2) is 10.6 Å². The zero-order valence-corrected chi connectivity index (χ0v) is 10.3. The van der Waals surface area contributed by atoms with E-state index in [0.717, 1.165) is 18.6 Å². The van der Waals surface area contributed by atoms with Crippen molar-refractivity contribution < 1.29 is 14.4 Å². The van der Waals surface area contributed by atoms with E-state index in [-0.39, 0.29) is 11.9 Å². The molecule has 2 heterocycles. The SMILES string of the molecule is CN1CC(O)C(NC(=O)c2cc(C3CC3)on2)C1. The van der Waals surface area contributed by atoms with E-state index in [1.54, 1.807) is 6.07 Å². The van der Waals surface area contributed by atoms with Crippen LogP contribution in [0.2, 0.25) is 0 Å². The van der Waals surface area contributed by atoms with Crippen molar-refractivity contribution in [1.82, 2.24) is 15.4 Å². The number of aliphatic hydroxyl groups is 1. The van der Waals surface area contributed by atoms with Crippen molar-refractivity contribution in [2.45, 2.75) is 30.9 Å². The Morgan fingerprint density at radius 2 is 2.33 bits per heavy atom. The Labute approximate surface area is 105 Å². The smallest absolute Gasteiger partial charge is 0.273 e. The number of hydrogen-bond donors (Lipinski definition) is 2. The standard InChI is InChI=1S/C12H17N3O3/c1-15-5-9(10(16)6-15)13-12(17)8-4-11(18-14-8)7-2-3-7/h4,7,9-10,16H,2-3,5-6H2,1H3,(H,13,17). The molecule has 0 bridgehead atoms. The molecule has 2 aliphatic rings. The topological polar surface area (TPSA) is 78.6 Å². The number of nitrogens with zero attached hydrogens (tertiary/aromatic N) is 2. The van der Waals surface area contributed by atoms with Gasteiger partial charge in [-0.25, -0.2) is 0 Å². The fourth-order valence-electron chi connectivity index (χ4n) is 2.32. The highest BCUT2D eigenvalue weighted by molar-refractivity contribution is 5.92. The van der Waals surface area contributed by atoms with Crippen molar-refractivity contribution in [3.05, 3.63) is 17.5 Å². The number of hydrogen-bond acceptors (Lipinski definition) is 5. The van der Waals surface area contributed by atoms with Gasteiger partial charge in [-0.15, -0.1) is 0 Å². The second kappa shape index (κ2) is 4.37. The number of nitrogens with one attached hydrogen (secondary N) is 1. The second-order valence-corrected chi connectivity index (χ2v) is 5.26. The van der Waals surface area contributed by atoms with Crippen molar-refractivity contribution in [3.63, 3.8) is 0 Å². The lowest BCUT2D eigenvalue weighted by Gasteiger charge is -2.14. The van der Waals surface area contributed by atoms with Gasteiger partial charge in [0.15, 0.2) is 5.69 Å². The summed E-state index contributed by atoms with van der Waals surface area (Å²) in [5, 5.41) is 16.3. The van der Waals surface area contributed by atoms with Gasteiger partial charge in [-0.1, -0.05) is 5.16 Å². The van der Waals surface area contributed by atoms with Gasteiger partial charge in [-0.3, -0.25) is 4.79 Å². The van der Waals surface area contributed by atoms with Crippen LogP contribution in [0.3, 0.4) is 0 Å². The number of β-amino-alcohol motifs (C(OH)–C–C–N with tert-alkyl or cyclic N) is 1. The zero-order valence-electron chi connectivity index (χ0n) is 10.3. The molecule has 2 atom stereocenters. The summed E-state index contributed by atoms with van der Waals surface area (Å²) >= 11 is 0. The van der Waals surface area contributed by atoms with Crippen LogP contribution in [-0.4, -0.2) is 53.4 Å². The summed E-state index contributed by atoms with van der Waals surface area (Å²) in [6, 6.07) is 1.47. The van der Waals surface area contributed by atoms with Gasteiger partial charge in [0.2, 0.25) is 0 Å². The number of rotatable bonds is 3. The third-order valence-corrected chi connectivity index (χ3v) is 3.53. The van der Waals surface area contributed by atoms with Gasteiger partial charge < -0.3 is 19.8 Å². The lowest BCUT2D eigenvalue weighted by Crippen LogP contribution is -2.42. The summed E-state index contributed by atoms with van der Waals surface area (Å²) in [4.78, 5) is 13.9. The minimum Gasteiger partial charge on any atom is -0.390 e. The molecule has 6 heteroatoms. The molecule has 1 amide bonds. The van der Waals surface area contributed by atoms with E-state index < -0.39 is 6.10 Å². The first-order chi connectivity index (χ1) is 8.63. The first kappa shape index (κ1) is 11.7. The molecule has 3 rings (SSSR count). The van der Waals surface area contributed by atoms with Gasteiger partial charge >= 0.3 is 0 Å². The first-order valence-electron chi connectivity index (χ1n) is 6.27. The third-order valence-electron chi connectivity index (χ3n) is 3.53. The highest BCUT2D eigenvalue weighted by atomic mass is 16.5. The van der Waals surface area contributed by atoms with Gasteiger partial charge in [0.25, 0.3) is 5.91 Å². The van der Waals surface area contributed by atoms with E-state index in [0.29, 0.717) is 24.7 Å². The average molecular weight is 251 g/mol. The Balaban J connectivity index is 1.63. The number of likely N-dealkylation sites (tertiary alicyclic amines) is 1. The summed E-state index contributed by atoms with van der Waals surface area (Å²) in [7, 11) is 1.91. The molecule has 0 spiro atoms. The number of aromatic nitrogens is 1. The Morgan fingerprint density at radius 3 is 2.94 bits per heavy atom. The zero-order chi connectivity index (χ0) is 12.7. The molecule has 98 valence electrons. The Bertz CT molecular complexity index is 455. The molecule has 18 heavy (non-hydrogen) atoms. The number of carbonyl (C=O) groups is 1. The summed E-state index contributed by atoms with van der Waals surface area (Å²) in [6.45, 7) is 1.23. The van der Waals surface area contributed by atoms with Gasteiger partial charge in [0.05, 0.1) is 12.1 Å². The van der Waals surface area contributed by atoms with E-state index in [1.807, 2.05) is 11.9 Å². The van der Waals surface area contributed by atoms with E-state index >= 15 is 0 Å². The van der Waals surface area contributed by atoms with Gasteiger partial charge in [-0.05, 0) is 19.9 Å². The maximum atomic E-state index is 11.9. The minimum absolute atomic E-state index is 0.233. The summed E-state index contributed by atoms with van der Waals surface area (Å²) in [6.07, 6.45) is 1.71. The highest BCUT2D eigenvalue weighted by Crippen LogP contribution is 2.40. The lowest BCUT2D eigenvalue weighted by atomic mass is 10.2.